The van der Waals surface area contributed by atoms with Crippen molar-refractivity contribution < 1.29 is 0 Å². The lowest BCUT2D eigenvalue weighted by atomic mass is 9.69. The van der Waals surface area contributed by atoms with Crippen molar-refractivity contribution in [3.63, 3.8) is 0 Å². The Morgan fingerprint density at radius 1 is 0.491 bits per heavy atom. The molecule has 6 aromatic rings. The van der Waals surface area contributed by atoms with Crippen molar-refractivity contribution in [3.8, 4) is 0 Å². The largest absolute Gasteiger partial charge is 0.0901 e. The summed E-state index contributed by atoms with van der Waals surface area (Å²) < 4.78 is 2.46. The Kier molecular flexibility index (Phi) is 9.67. The molecule has 0 nitrogen and oxygen atoms in total. The van der Waals surface area contributed by atoms with Crippen LogP contribution in [0.2, 0.25) is 0 Å². The highest BCUT2D eigenvalue weighted by Crippen LogP contribution is 2.51. The van der Waals surface area contributed by atoms with Gasteiger partial charge >= 0.3 is 0 Å². The second-order valence-electron chi connectivity index (χ2n) is 17.7. The molecule has 2 aliphatic carbocycles. The number of halogens is 2. The zero-order valence-corrected chi connectivity index (χ0v) is 38.0. The van der Waals surface area contributed by atoms with Crippen molar-refractivity contribution >= 4 is 56.3 Å². The van der Waals surface area contributed by atoms with Crippen molar-refractivity contribution in [2.75, 3.05) is 0 Å². The average Bonchev–Trinajstić information content (AvgIpc) is 3.11. The van der Waals surface area contributed by atoms with Gasteiger partial charge in [0.1, 0.15) is 0 Å². The summed E-state index contributed by atoms with van der Waals surface area (Å²) in [7, 11) is 0. The summed E-state index contributed by atoms with van der Waals surface area (Å²) in [5.41, 5.74) is 27.8. The summed E-state index contributed by atoms with van der Waals surface area (Å²) in [6.45, 7) is 23.1. The summed E-state index contributed by atoms with van der Waals surface area (Å²) in [5.74, 6) is 1.44. The first-order chi connectivity index (χ1) is 26.0. The minimum atomic E-state index is 0.0810. The van der Waals surface area contributed by atoms with E-state index in [0.717, 1.165) is 5.57 Å². The molecule has 0 saturated heterocycles. The molecule has 0 spiro atoms. The van der Waals surface area contributed by atoms with Gasteiger partial charge in [-0.1, -0.05) is 83.7 Å². The molecule has 2 heteroatoms. The predicted molar refractivity (Wildman–Crippen MR) is 250 cm³/mol. The molecular formula is C53H49I2+. The first-order valence-electron chi connectivity index (χ1n) is 19.4. The van der Waals surface area contributed by atoms with Crippen molar-refractivity contribution in [1.29, 1.82) is 0 Å². The second kappa shape index (κ2) is 14.0. The summed E-state index contributed by atoms with van der Waals surface area (Å²) in [6, 6.07) is 41.8. The third-order valence-electron chi connectivity index (χ3n) is 11.8. The molecule has 0 N–H and O–H groups in total. The molecule has 0 atom stereocenters. The molecule has 0 aliphatic heterocycles. The first kappa shape index (κ1) is 38.1. The van der Waals surface area contributed by atoms with Crippen molar-refractivity contribution in [2.24, 2.45) is 0 Å². The molecule has 0 amide bonds. The van der Waals surface area contributed by atoms with E-state index in [1.54, 1.807) is 0 Å². The monoisotopic (exact) mass is 939 g/mol. The zero-order chi connectivity index (χ0) is 39.1. The van der Waals surface area contributed by atoms with E-state index in [4.69, 9.17) is 0 Å². The summed E-state index contributed by atoms with van der Waals surface area (Å²) >= 11 is 4.98. The highest BCUT2D eigenvalue weighted by molar-refractivity contribution is 14.1. The molecule has 55 heavy (non-hydrogen) atoms. The van der Waals surface area contributed by atoms with E-state index in [-0.39, 0.29) is 16.7 Å². The van der Waals surface area contributed by atoms with E-state index in [1.807, 2.05) is 0 Å². The Morgan fingerprint density at radius 3 is 1.33 bits per heavy atom. The van der Waals surface area contributed by atoms with Crippen LogP contribution < -0.4 is 0 Å². The molecule has 2 aliphatic rings. The van der Waals surface area contributed by atoms with Crippen LogP contribution in [0.25, 0.3) is 11.1 Å². The summed E-state index contributed by atoms with van der Waals surface area (Å²) in [6.07, 6.45) is 0. The maximum Gasteiger partial charge on any atom is 0.0808 e. The molecule has 0 saturated carbocycles. The van der Waals surface area contributed by atoms with Gasteiger partial charge in [0.25, 0.3) is 0 Å². The number of rotatable bonds is 2. The van der Waals surface area contributed by atoms with Crippen molar-refractivity contribution in [2.45, 2.75) is 86.0 Å². The van der Waals surface area contributed by atoms with E-state index >= 15 is 0 Å². The van der Waals surface area contributed by atoms with Crippen molar-refractivity contribution in [1.82, 2.24) is 0 Å². The van der Waals surface area contributed by atoms with Crippen molar-refractivity contribution in [3.05, 3.63) is 217 Å². The highest BCUT2D eigenvalue weighted by atomic mass is 127. The van der Waals surface area contributed by atoms with Gasteiger partial charge in [-0.2, -0.15) is 0 Å². The van der Waals surface area contributed by atoms with Gasteiger partial charge in [-0.3, -0.25) is 0 Å². The average molecular weight is 940 g/mol. The SMILES string of the molecule is Cc1cc(C(C)(C)C)cc(C)c1[C+]1c2ccccc2C(=C=C2c3cc(I)ccc3C(c3c(C)cc(C(C)(C)C)cc3C)c3ccc(I)cc32)c2ccccc21. The molecule has 8 rings (SSSR count). The van der Waals surface area contributed by atoms with E-state index in [9.17, 15) is 0 Å². The van der Waals surface area contributed by atoms with E-state index in [2.05, 4.69) is 229 Å². The number of hydrogen-bond donors (Lipinski definition) is 0. The number of fused-ring (bicyclic) bond motifs is 4. The molecule has 0 radical (unpaired) electrons. The second-order valence-corrected chi connectivity index (χ2v) is 20.2. The van der Waals surface area contributed by atoms with E-state index in [1.165, 1.54) is 108 Å². The smallest absolute Gasteiger partial charge is 0.0808 e. The molecule has 274 valence electrons. The van der Waals surface area contributed by atoms with Crippen LogP contribution >= 0.6 is 45.2 Å². The molecule has 0 aromatic heterocycles. The Bertz CT molecular complexity index is 2460. The van der Waals surface area contributed by atoms with Crippen LogP contribution in [0.4, 0.5) is 0 Å². The van der Waals surface area contributed by atoms with Gasteiger partial charge in [0.05, 0.1) is 28.2 Å². The maximum atomic E-state index is 4.21. The molecule has 0 fully saturated rings. The molecule has 0 bridgehead atoms. The highest BCUT2D eigenvalue weighted by Gasteiger charge is 2.39. The summed E-state index contributed by atoms with van der Waals surface area (Å²) in [4.78, 5) is 0. The van der Waals surface area contributed by atoms with Crippen LogP contribution in [0, 0.1) is 40.8 Å². The van der Waals surface area contributed by atoms with Gasteiger partial charge in [-0.05, 0) is 207 Å². The van der Waals surface area contributed by atoms with E-state index in [0.29, 0.717) is 0 Å². The molecule has 6 aromatic carbocycles. The third kappa shape index (κ3) is 6.66. The van der Waals surface area contributed by atoms with Gasteiger partial charge in [-0.15, -0.1) is 0 Å². The van der Waals surface area contributed by atoms with Gasteiger partial charge < -0.3 is 0 Å². The van der Waals surface area contributed by atoms with E-state index < -0.39 is 0 Å². The summed E-state index contributed by atoms with van der Waals surface area (Å²) in [5, 5.41) is 0. The van der Waals surface area contributed by atoms with Gasteiger partial charge in [-0.25, -0.2) is 0 Å². The number of hydrogen-bond acceptors (Lipinski definition) is 0. The quantitative estimate of drug-likeness (QED) is 0.0920. The Morgan fingerprint density at radius 2 is 0.891 bits per heavy atom. The van der Waals surface area contributed by atoms with Crippen LogP contribution in [0.1, 0.15) is 136 Å². The lowest BCUT2D eigenvalue weighted by Gasteiger charge is -2.33. The zero-order valence-electron chi connectivity index (χ0n) is 33.7. The van der Waals surface area contributed by atoms with Gasteiger partial charge in [0.2, 0.25) is 0 Å². The third-order valence-corrected chi connectivity index (χ3v) is 13.1. The van der Waals surface area contributed by atoms with Crippen LogP contribution in [0.15, 0.2) is 115 Å². The lowest BCUT2D eigenvalue weighted by molar-refractivity contribution is 0.588. The lowest BCUT2D eigenvalue weighted by Crippen LogP contribution is -2.19. The minimum Gasteiger partial charge on any atom is -0.0901 e. The Balaban J connectivity index is 1.43. The molecular weight excluding hydrogens is 890 g/mol. The minimum absolute atomic E-state index is 0.0810. The van der Waals surface area contributed by atoms with Crippen LogP contribution in [0.5, 0.6) is 0 Å². The fourth-order valence-corrected chi connectivity index (χ4v) is 10.0. The fourth-order valence-electron chi connectivity index (χ4n) is 9.06. The number of benzene rings is 6. The standard InChI is InChI=1S/C53H49I2/c1-30-23-34(52(5,6)7)24-31(2)48(30)50-40-17-13-11-15-38(40)46(39-16-12-14-18-41(39)50)29-47-44-27-36(54)19-21-42(44)51(43-22-20-37(55)28-45(43)47)49-32(3)25-35(26-33(49)4)53(8,9)10/h11-28,51H,1-10H3/q+1. The molecule has 0 heterocycles. The fraction of sp³-hybridized carbons (Fsp3) is 0.245. The van der Waals surface area contributed by atoms with Crippen LogP contribution in [0.3, 0.4) is 0 Å². The topological polar surface area (TPSA) is 0 Å². The Labute approximate surface area is 356 Å². The number of aryl methyl sites for hydroxylation is 4. The molecule has 0 unspecified atom stereocenters. The van der Waals surface area contributed by atoms with Gasteiger partial charge in [0.15, 0.2) is 0 Å². The Hall–Kier alpha value is -3.83. The van der Waals surface area contributed by atoms with Gasteiger partial charge in [0, 0.05) is 40.9 Å². The maximum absolute atomic E-state index is 4.21. The van der Waals surface area contributed by atoms with Crippen LogP contribution in [-0.2, 0) is 10.8 Å². The first-order valence-corrected chi connectivity index (χ1v) is 21.6. The normalized spacial score (nSPS) is 14.9. The van der Waals surface area contributed by atoms with Crippen LogP contribution in [-0.4, -0.2) is 0 Å². The predicted octanol–water partition coefficient (Wildman–Crippen LogP) is 14.7.